The Labute approximate surface area is 160 Å². The first-order chi connectivity index (χ1) is 12.9. The largest absolute Gasteiger partial charge is 0.508 e. The van der Waals surface area contributed by atoms with Crippen LogP contribution in [0.1, 0.15) is 12.0 Å². The second-order valence-electron chi connectivity index (χ2n) is 6.04. The van der Waals surface area contributed by atoms with Crippen LogP contribution in [0.2, 0.25) is 0 Å². The molecular formula is C19H18N2O5S. The molecule has 0 spiro atoms. The van der Waals surface area contributed by atoms with Gasteiger partial charge in [0.15, 0.2) is 0 Å². The van der Waals surface area contributed by atoms with Gasteiger partial charge in [0.2, 0.25) is 0 Å². The van der Waals surface area contributed by atoms with Crippen molar-refractivity contribution >= 4 is 35.4 Å². The number of phenols is 1. The highest BCUT2D eigenvalue weighted by Gasteiger charge is 2.47. The number of hydrogen-bond donors (Lipinski definition) is 2. The summed E-state index contributed by atoms with van der Waals surface area (Å²) in [6.45, 7) is 0.0702. The molecule has 1 aliphatic rings. The zero-order valence-electron chi connectivity index (χ0n) is 14.5. The van der Waals surface area contributed by atoms with Gasteiger partial charge in [0.25, 0.3) is 5.91 Å². The second-order valence-corrected chi connectivity index (χ2v) is 6.88. The minimum atomic E-state index is -1.16. The van der Waals surface area contributed by atoms with Gasteiger partial charge in [0, 0.05) is 11.4 Å². The first-order valence-electron chi connectivity index (χ1n) is 8.19. The number of carboxylic acids is 1. The fourth-order valence-corrected chi connectivity index (χ4v) is 3.60. The molecule has 140 valence electrons. The molecule has 0 radical (unpaired) electrons. The quantitative estimate of drug-likeness (QED) is 0.585. The summed E-state index contributed by atoms with van der Waals surface area (Å²) in [5.74, 6) is -1.63. The molecule has 0 saturated carbocycles. The third kappa shape index (κ3) is 3.75. The number of benzene rings is 2. The maximum atomic E-state index is 13.0. The van der Waals surface area contributed by atoms with Crippen molar-refractivity contribution in [3.63, 3.8) is 0 Å². The number of para-hydroxylation sites is 1. The van der Waals surface area contributed by atoms with Crippen LogP contribution in [0.4, 0.5) is 10.5 Å². The molecule has 8 heteroatoms. The summed E-state index contributed by atoms with van der Waals surface area (Å²) in [7, 11) is 0. The van der Waals surface area contributed by atoms with Crippen molar-refractivity contribution in [3.8, 4) is 5.75 Å². The van der Waals surface area contributed by atoms with Crippen molar-refractivity contribution in [1.29, 1.82) is 0 Å². The summed E-state index contributed by atoms with van der Waals surface area (Å²) < 4.78 is 0. The zero-order chi connectivity index (χ0) is 19.6. The number of carbonyl (C=O) groups excluding carboxylic acids is 2. The zero-order valence-corrected chi connectivity index (χ0v) is 15.3. The minimum Gasteiger partial charge on any atom is -0.508 e. The van der Waals surface area contributed by atoms with E-state index in [4.69, 9.17) is 0 Å². The molecule has 0 aliphatic carbocycles. The Morgan fingerprint density at radius 2 is 1.78 bits per heavy atom. The molecule has 1 atom stereocenters. The topological polar surface area (TPSA) is 98.2 Å². The van der Waals surface area contributed by atoms with E-state index in [0.717, 1.165) is 9.80 Å². The smallest absolute Gasteiger partial charge is 0.332 e. The number of anilines is 1. The predicted molar refractivity (Wildman–Crippen MR) is 101 cm³/mol. The molecule has 1 saturated heterocycles. The lowest BCUT2D eigenvalue weighted by Crippen LogP contribution is -2.36. The number of aliphatic carboxylic acids is 1. The van der Waals surface area contributed by atoms with Crippen LogP contribution in [0.15, 0.2) is 53.4 Å². The van der Waals surface area contributed by atoms with Gasteiger partial charge in [-0.25, -0.2) is 9.69 Å². The molecule has 3 amide bonds. The number of aromatic hydroxyl groups is 1. The van der Waals surface area contributed by atoms with Crippen LogP contribution >= 0.6 is 11.8 Å². The van der Waals surface area contributed by atoms with Crippen LogP contribution in [-0.2, 0) is 16.1 Å². The maximum absolute atomic E-state index is 13.0. The van der Waals surface area contributed by atoms with Gasteiger partial charge >= 0.3 is 12.0 Å². The van der Waals surface area contributed by atoms with E-state index in [1.807, 2.05) is 12.3 Å². The highest BCUT2D eigenvalue weighted by molar-refractivity contribution is 7.98. The number of rotatable bonds is 6. The molecule has 2 aromatic rings. The van der Waals surface area contributed by atoms with Gasteiger partial charge < -0.3 is 15.1 Å². The molecule has 0 unspecified atom stereocenters. The van der Waals surface area contributed by atoms with E-state index in [2.05, 4.69) is 0 Å². The molecule has 2 aromatic carbocycles. The normalized spacial score (nSPS) is 16.9. The van der Waals surface area contributed by atoms with Gasteiger partial charge in [-0.1, -0.05) is 24.3 Å². The lowest BCUT2D eigenvalue weighted by Gasteiger charge is -2.21. The number of amides is 3. The monoisotopic (exact) mass is 386 g/mol. The SMILES string of the molecule is CSc1ccccc1N1C(=O)[C@H](CC(=O)O)N(Cc2ccc(O)cc2)C1=O. The Balaban J connectivity index is 1.98. The average Bonchev–Trinajstić information content (AvgIpc) is 2.87. The Morgan fingerprint density at radius 3 is 2.41 bits per heavy atom. The number of urea groups is 1. The summed E-state index contributed by atoms with van der Waals surface area (Å²) in [5, 5.41) is 18.6. The fraction of sp³-hybridized carbons (Fsp3) is 0.211. The Hall–Kier alpha value is -3.00. The summed E-state index contributed by atoms with van der Waals surface area (Å²) in [5.41, 5.74) is 1.13. The van der Waals surface area contributed by atoms with E-state index in [1.165, 1.54) is 28.8 Å². The van der Waals surface area contributed by atoms with Crippen molar-refractivity contribution in [2.75, 3.05) is 11.2 Å². The van der Waals surface area contributed by atoms with Crippen molar-refractivity contribution in [1.82, 2.24) is 4.90 Å². The van der Waals surface area contributed by atoms with E-state index < -0.39 is 30.4 Å². The van der Waals surface area contributed by atoms with Crippen LogP contribution in [-0.4, -0.2) is 45.3 Å². The second kappa shape index (κ2) is 7.71. The molecule has 27 heavy (non-hydrogen) atoms. The first-order valence-corrected chi connectivity index (χ1v) is 9.42. The number of hydrogen-bond acceptors (Lipinski definition) is 5. The van der Waals surface area contributed by atoms with Crippen LogP contribution in [0.5, 0.6) is 5.75 Å². The molecule has 7 nitrogen and oxygen atoms in total. The number of nitrogens with zero attached hydrogens (tertiary/aromatic N) is 2. The molecule has 0 aromatic heterocycles. The van der Waals surface area contributed by atoms with Crippen molar-refractivity contribution in [2.24, 2.45) is 0 Å². The number of carbonyl (C=O) groups is 3. The molecule has 3 rings (SSSR count). The van der Waals surface area contributed by atoms with Gasteiger partial charge in [-0.05, 0) is 36.1 Å². The third-order valence-corrected chi connectivity index (χ3v) is 5.09. The van der Waals surface area contributed by atoms with Crippen molar-refractivity contribution < 1.29 is 24.6 Å². The third-order valence-electron chi connectivity index (χ3n) is 4.30. The van der Waals surface area contributed by atoms with Crippen LogP contribution in [0, 0.1) is 0 Å². The number of phenolic OH excluding ortho intramolecular Hbond substituents is 1. The highest BCUT2D eigenvalue weighted by Crippen LogP contribution is 2.34. The van der Waals surface area contributed by atoms with E-state index >= 15 is 0 Å². The van der Waals surface area contributed by atoms with Gasteiger partial charge in [-0.15, -0.1) is 11.8 Å². The summed E-state index contributed by atoms with van der Waals surface area (Å²) in [4.78, 5) is 40.3. The van der Waals surface area contributed by atoms with Gasteiger partial charge in [0.05, 0.1) is 12.1 Å². The van der Waals surface area contributed by atoms with Gasteiger partial charge in [-0.3, -0.25) is 9.59 Å². The Kier molecular flexibility index (Phi) is 5.36. The molecule has 0 bridgehead atoms. The molecule has 1 fully saturated rings. The maximum Gasteiger partial charge on any atom is 0.332 e. The molecule has 1 heterocycles. The Bertz CT molecular complexity index is 884. The highest BCUT2D eigenvalue weighted by atomic mass is 32.2. The fourth-order valence-electron chi connectivity index (χ4n) is 3.01. The minimum absolute atomic E-state index is 0.0702. The summed E-state index contributed by atoms with van der Waals surface area (Å²) in [6.07, 6.45) is 1.37. The Morgan fingerprint density at radius 1 is 1.11 bits per heavy atom. The number of imide groups is 1. The predicted octanol–water partition coefficient (Wildman–Crippen LogP) is 2.93. The van der Waals surface area contributed by atoms with Crippen LogP contribution < -0.4 is 4.90 Å². The van der Waals surface area contributed by atoms with E-state index in [1.54, 1.807) is 30.3 Å². The van der Waals surface area contributed by atoms with Gasteiger partial charge in [0.1, 0.15) is 11.8 Å². The molecule has 2 N–H and O–H groups in total. The van der Waals surface area contributed by atoms with Crippen LogP contribution in [0.25, 0.3) is 0 Å². The van der Waals surface area contributed by atoms with Crippen molar-refractivity contribution in [2.45, 2.75) is 23.9 Å². The molecule has 1 aliphatic heterocycles. The van der Waals surface area contributed by atoms with E-state index in [9.17, 15) is 24.6 Å². The van der Waals surface area contributed by atoms with E-state index in [-0.39, 0.29) is 12.3 Å². The van der Waals surface area contributed by atoms with E-state index in [0.29, 0.717) is 11.3 Å². The first kappa shape index (κ1) is 18.8. The standard InChI is InChI=1S/C19H18N2O5S/c1-27-16-5-3-2-4-14(16)21-18(25)15(10-17(23)24)20(19(21)26)11-12-6-8-13(22)9-7-12/h2-9,15,22H,10-11H2,1H3,(H,23,24)/t15-/m0/s1. The number of carboxylic acid groups (broad SMARTS) is 1. The lowest BCUT2D eigenvalue weighted by atomic mass is 10.1. The summed E-state index contributed by atoms with van der Waals surface area (Å²) >= 11 is 1.40. The lowest BCUT2D eigenvalue weighted by molar-refractivity contribution is -0.140. The van der Waals surface area contributed by atoms with Crippen LogP contribution in [0.3, 0.4) is 0 Å². The average molecular weight is 386 g/mol. The van der Waals surface area contributed by atoms with Gasteiger partial charge in [-0.2, -0.15) is 0 Å². The van der Waals surface area contributed by atoms with Crippen molar-refractivity contribution in [3.05, 3.63) is 54.1 Å². The summed E-state index contributed by atoms with van der Waals surface area (Å²) in [6, 6.07) is 11.6. The number of thioether (sulfide) groups is 1. The molecular weight excluding hydrogens is 368 g/mol.